The van der Waals surface area contributed by atoms with Crippen molar-refractivity contribution in [2.75, 3.05) is 13.1 Å². The van der Waals surface area contributed by atoms with Gasteiger partial charge in [0.15, 0.2) is 0 Å². The number of nitrogens with one attached hydrogen (secondary N) is 2. The highest BCUT2D eigenvalue weighted by Gasteiger charge is 2.29. The van der Waals surface area contributed by atoms with Crippen molar-refractivity contribution < 1.29 is 14.3 Å². The van der Waals surface area contributed by atoms with E-state index in [1.54, 1.807) is 6.92 Å². The molecule has 5 nitrogen and oxygen atoms in total. The molecule has 1 fully saturated rings. The molecule has 1 aromatic carbocycles. The molecule has 0 spiro atoms. The van der Waals surface area contributed by atoms with Crippen LogP contribution >= 0.6 is 0 Å². The van der Waals surface area contributed by atoms with Crippen LogP contribution in [0.3, 0.4) is 0 Å². The molecule has 2 aliphatic heterocycles. The van der Waals surface area contributed by atoms with Gasteiger partial charge in [-0.3, -0.25) is 10.1 Å². The van der Waals surface area contributed by atoms with Crippen molar-refractivity contribution in [1.82, 2.24) is 10.6 Å². The van der Waals surface area contributed by atoms with Gasteiger partial charge in [-0.2, -0.15) is 0 Å². The summed E-state index contributed by atoms with van der Waals surface area (Å²) in [5, 5.41) is 6.66. The number of ether oxygens (including phenoxy) is 1. The first-order valence-corrected chi connectivity index (χ1v) is 6.84. The molecule has 0 aromatic heterocycles. The van der Waals surface area contributed by atoms with E-state index < -0.39 is 0 Å². The Bertz CT molecular complexity index is 583. The number of hydrogen-bond donors (Lipinski definition) is 2. The Morgan fingerprint density at radius 3 is 2.90 bits per heavy atom. The average molecular weight is 274 g/mol. The second-order valence-electron chi connectivity index (χ2n) is 5.42. The summed E-state index contributed by atoms with van der Waals surface area (Å²) in [6, 6.07) is 3.72. The molecule has 1 saturated heterocycles. The molecule has 106 valence electrons. The zero-order valence-corrected chi connectivity index (χ0v) is 11.7. The lowest BCUT2D eigenvalue weighted by Crippen LogP contribution is -2.53. The predicted molar refractivity (Wildman–Crippen MR) is 73.5 cm³/mol. The fourth-order valence-electron chi connectivity index (χ4n) is 2.94. The summed E-state index contributed by atoms with van der Waals surface area (Å²) >= 11 is 0. The molecule has 0 bridgehead atoms. The Hall–Kier alpha value is -1.72. The normalized spacial score (nSPS) is 25.2. The van der Waals surface area contributed by atoms with Crippen molar-refractivity contribution >= 4 is 11.8 Å². The summed E-state index contributed by atoms with van der Waals surface area (Å²) in [6.45, 7) is 5.40. The van der Waals surface area contributed by atoms with Gasteiger partial charge < -0.3 is 10.1 Å². The molecule has 0 amide bonds. The molecule has 5 heteroatoms. The third-order valence-corrected chi connectivity index (χ3v) is 4.17. The van der Waals surface area contributed by atoms with Gasteiger partial charge in [-0.05, 0) is 31.0 Å². The zero-order valence-electron chi connectivity index (χ0n) is 11.7. The van der Waals surface area contributed by atoms with Crippen molar-refractivity contribution in [2.45, 2.75) is 32.5 Å². The highest BCUT2D eigenvalue weighted by Crippen LogP contribution is 2.29. The molecule has 3 rings (SSSR count). The van der Waals surface area contributed by atoms with Gasteiger partial charge in [-0.1, -0.05) is 6.07 Å². The standard InChI is InChI=1S/C15H18N2O3/c1-8-10(3-4-11-12(8)7-20-15(11)19)14-6-16-5-13(17-14)9(2)18/h3-4,13-14,16-17H,5-7H2,1-2H3. The van der Waals surface area contributed by atoms with Crippen molar-refractivity contribution in [3.8, 4) is 0 Å². The Balaban J connectivity index is 1.91. The van der Waals surface area contributed by atoms with E-state index in [-0.39, 0.29) is 23.8 Å². The maximum absolute atomic E-state index is 11.6. The number of esters is 1. The molecular weight excluding hydrogens is 256 g/mol. The van der Waals surface area contributed by atoms with E-state index in [9.17, 15) is 9.59 Å². The Kier molecular flexibility index (Phi) is 3.31. The number of hydrogen-bond acceptors (Lipinski definition) is 5. The Labute approximate surface area is 117 Å². The zero-order chi connectivity index (χ0) is 14.3. The second kappa shape index (κ2) is 5.00. The van der Waals surface area contributed by atoms with Crippen LogP contribution in [0.5, 0.6) is 0 Å². The third-order valence-electron chi connectivity index (χ3n) is 4.17. The fourth-order valence-corrected chi connectivity index (χ4v) is 2.94. The highest BCUT2D eigenvalue weighted by molar-refractivity contribution is 5.94. The quantitative estimate of drug-likeness (QED) is 0.783. The molecule has 2 aliphatic rings. The lowest BCUT2D eigenvalue weighted by atomic mass is 9.92. The minimum absolute atomic E-state index is 0.0821. The summed E-state index contributed by atoms with van der Waals surface area (Å²) in [5.74, 6) is -0.106. The molecule has 2 N–H and O–H groups in total. The summed E-state index contributed by atoms with van der Waals surface area (Å²) in [7, 11) is 0. The number of piperazine rings is 1. The molecule has 1 aromatic rings. The summed E-state index contributed by atoms with van der Waals surface area (Å²) < 4.78 is 5.08. The minimum atomic E-state index is -0.244. The molecule has 2 atom stereocenters. The van der Waals surface area contributed by atoms with Gasteiger partial charge in [0, 0.05) is 24.7 Å². The molecular formula is C15H18N2O3. The second-order valence-corrected chi connectivity index (χ2v) is 5.42. The highest BCUT2D eigenvalue weighted by atomic mass is 16.5. The summed E-state index contributed by atoms with van der Waals surface area (Å²) in [5.41, 5.74) is 3.84. The first-order valence-electron chi connectivity index (χ1n) is 6.84. The van der Waals surface area contributed by atoms with Crippen LogP contribution in [-0.4, -0.2) is 30.9 Å². The SMILES string of the molecule is CC(=O)C1CNCC(c2ccc3c(c2C)COC3=O)N1. The minimum Gasteiger partial charge on any atom is -0.457 e. The van der Waals surface area contributed by atoms with Crippen LogP contribution in [0, 0.1) is 6.92 Å². The van der Waals surface area contributed by atoms with E-state index in [2.05, 4.69) is 10.6 Å². The number of rotatable bonds is 2. The van der Waals surface area contributed by atoms with Crippen LogP contribution in [0.1, 0.15) is 40.0 Å². The van der Waals surface area contributed by atoms with Crippen LogP contribution in [-0.2, 0) is 16.1 Å². The van der Waals surface area contributed by atoms with E-state index in [0.29, 0.717) is 18.7 Å². The lowest BCUT2D eigenvalue weighted by molar-refractivity contribution is -0.119. The van der Waals surface area contributed by atoms with Crippen molar-refractivity contribution in [3.63, 3.8) is 0 Å². The number of carbonyl (C=O) groups is 2. The third kappa shape index (κ3) is 2.13. The Morgan fingerprint density at radius 1 is 1.35 bits per heavy atom. The molecule has 2 heterocycles. The maximum atomic E-state index is 11.6. The van der Waals surface area contributed by atoms with E-state index in [1.807, 2.05) is 19.1 Å². The number of benzene rings is 1. The first kappa shape index (κ1) is 13.3. The predicted octanol–water partition coefficient (Wildman–Crippen LogP) is 0.857. The topological polar surface area (TPSA) is 67.4 Å². The van der Waals surface area contributed by atoms with Gasteiger partial charge in [-0.25, -0.2) is 4.79 Å². The van der Waals surface area contributed by atoms with E-state index in [0.717, 1.165) is 23.2 Å². The number of fused-ring (bicyclic) bond motifs is 1. The van der Waals surface area contributed by atoms with E-state index in [1.165, 1.54) is 0 Å². The largest absolute Gasteiger partial charge is 0.457 e. The molecule has 0 radical (unpaired) electrons. The van der Waals surface area contributed by atoms with Crippen LogP contribution < -0.4 is 10.6 Å². The number of cyclic esters (lactones) is 1. The molecule has 0 saturated carbocycles. The maximum Gasteiger partial charge on any atom is 0.338 e. The van der Waals surface area contributed by atoms with Crippen LogP contribution in [0.25, 0.3) is 0 Å². The van der Waals surface area contributed by atoms with Crippen molar-refractivity contribution in [3.05, 3.63) is 34.4 Å². The van der Waals surface area contributed by atoms with Gasteiger partial charge in [0.2, 0.25) is 0 Å². The summed E-state index contributed by atoms with van der Waals surface area (Å²) in [4.78, 5) is 23.1. The first-order chi connectivity index (χ1) is 9.58. The van der Waals surface area contributed by atoms with Crippen LogP contribution in [0.2, 0.25) is 0 Å². The van der Waals surface area contributed by atoms with Gasteiger partial charge in [0.25, 0.3) is 0 Å². The molecule has 20 heavy (non-hydrogen) atoms. The molecule has 2 unspecified atom stereocenters. The number of carbonyl (C=O) groups excluding carboxylic acids is 2. The summed E-state index contributed by atoms with van der Waals surface area (Å²) in [6.07, 6.45) is 0. The van der Waals surface area contributed by atoms with Crippen molar-refractivity contribution in [2.24, 2.45) is 0 Å². The lowest BCUT2D eigenvalue weighted by Gasteiger charge is -2.32. The number of ketones is 1. The van der Waals surface area contributed by atoms with Gasteiger partial charge >= 0.3 is 5.97 Å². The monoisotopic (exact) mass is 274 g/mol. The van der Waals surface area contributed by atoms with Gasteiger partial charge in [-0.15, -0.1) is 0 Å². The average Bonchev–Trinajstić information content (AvgIpc) is 2.82. The van der Waals surface area contributed by atoms with Crippen molar-refractivity contribution in [1.29, 1.82) is 0 Å². The van der Waals surface area contributed by atoms with Gasteiger partial charge in [0.1, 0.15) is 12.4 Å². The fraction of sp³-hybridized carbons (Fsp3) is 0.467. The van der Waals surface area contributed by atoms with E-state index in [4.69, 9.17) is 4.74 Å². The Morgan fingerprint density at radius 2 is 2.15 bits per heavy atom. The van der Waals surface area contributed by atoms with Crippen LogP contribution in [0.15, 0.2) is 12.1 Å². The number of Topliss-reactive ketones (excluding diaryl/α,β-unsaturated/α-hetero) is 1. The smallest absolute Gasteiger partial charge is 0.338 e. The van der Waals surface area contributed by atoms with Gasteiger partial charge in [0.05, 0.1) is 11.6 Å². The molecule has 0 aliphatic carbocycles. The van der Waals surface area contributed by atoms with Crippen LogP contribution in [0.4, 0.5) is 0 Å². The van der Waals surface area contributed by atoms with E-state index >= 15 is 0 Å².